The Balaban J connectivity index is 1.40. The van der Waals surface area contributed by atoms with Crippen LogP contribution >= 0.6 is 0 Å². The van der Waals surface area contributed by atoms with Crippen molar-refractivity contribution in [3.8, 4) is 0 Å². The molecule has 1 heterocycles. The van der Waals surface area contributed by atoms with Crippen LogP contribution in [0.3, 0.4) is 0 Å². The van der Waals surface area contributed by atoms with Crippen LogP contribution in [-0.2, 0) is 14.2 Å². The highest BCUT2D eigenvalue weighted by Gasteiger charge is 2.62. The topological polar surface area (TPSA) is 47.9 Å². The maximum atomic E-state index is 10.1. The maximum Gasteiger partial charge on any atom is 0.195 e. The highest BCUT2D eigenvalue weighted by molar-refractivity contribution is 5.32. The highest BCUT2D eigenvalue weighted by atomic mass is 16.7. The second-order valence-corrected chi connectivity index (χ2v) is 9.64. The fourth-order valence-electron chi connectivity index (χ4n) is 7.64. The van der Waals surface area contributed by atoms with Gasteiger partial charge in [-0.3, -0.25) is 0 Å². The summed E-state index contributed by atoms with van der Waals surface area (Å²) in [6.45, 7) is 3.71. The third kappa shape index (κ3) is 2.59. The Kier molecular flexibility index (Phi) is 4.45. The molecule has 5 aliphatic rings. The molecule has 3 fully saturated rings. The van der Waals surface area contributed by atoms with Crippen LogP contribution in [0.1, 0.15) is 58.3 Å². The van der Waals surface area contributed by atoms with E-state index in [2.05, 4.69) is 13.0 Å². The fourth-order valence-corrected chi connectivity index (χ4v) is 7.64. The molecule has 5 atom stereocenters. The number of hydrogen-bond acceptors (Lipinski definition) is 4. The van der Waals surface area contributed by atoms with Gasteiger partial charge in [0.2, 0.25) is 0 Å². The summed E-state index contributed by atoms with van der Waals surface area (Å²) in [5.74, 6) is 3.03. The van der Waals surface area contributed by atoms with Gasteiger partial charge in [-0.2, -0.15) is 0 Å². The minimum Gasteiger partial charge on any atom is -0.501 e. The quantitative estimate of drug-likeness (QED) is 0.753. The first kappa shape index (κ1) is 18.2. The van der Waals surface area contributed by atoms with Gasteiger partial charge in [0, 0.05) is 12.3 Å². The molecule has 27 heavy (non-hydrogen) atoms. The Hall–Kier alpha value is -0.840. The van der Waals surface area contributed by atoms with E-state index < -0.39 is 5.79 Å². The van der Waals surface area contributed by atoms with Gasteiger partial charge >= 0.3 is 0 Å². The van der Waals surface area contributed by atoms with Gasteiger partial charge in [-0.25, -0.2) is 0 Å². The lowest BCUT2D eigenvalue weighted by Crippen LogP contribution is -2.52. The molecule has 4 heteroatoms. The van der Waals surface area contributed by atoms with E-state index in [1.54, 1.807) is 18.3 Å². The highest BCUT2D eigenvalue weighted by Crippen LogP contribution is 2.65. The third-order valence-corrected chi connectivity index (χ3v) is 8.85. The van der Waals surface area contributed by atoms with Crippen molar-refractivity contribution in [2.24, 2.45) is 29.1 Å². The summed E-state index contributed by atoms with van der Waals surface area (Å²) in [4.78, 5) is 0. The second kappa shape index (κ2) is 6.60. The average Bonchev–Trinajstić information content (AvgIpc) is 3.31. The monoisotopic (exact) mass is 374 g/mol. The van der Waals surface area contributed by atoms with Crippen LogP contribution in [0.5, 0.6) is 0 Å². The molecule has 0 aromatic rings. The van der Waals surface area contributed by atoms with Gasteiger partial charge in [0.15, 0.2) is 5.79 Å². The maximum absolute atomic E-state index is 10.1. The summed E-state index contributed by atoms with van der Waals surface area (Å²) < 4.78 is 17.6. The molecule has 1 N–H and O–H groups in total. The van der Waals surface area contributed by atoms with Crippen molar-refractivity contribution in [1.82, 2.24) is 0 Å². The Bertz CT molecular complexity index is 659. The van der Waals surface area contributed by atoms with E-state index in [-0.39, 0.29) is 12.0 Å². The van der Waals surface area contributed by atoms with Crippen LogP contribution in [0.15, 0.2) is 23.0 Å². The molecule has 4 aliphatic carbocycles. The van der Waals surface area contributed by atoms with Crippen LogP contribution < -0.4 is 0 Å². The number of aliphatic hydroxyl groups excluding tert-OH is 1. The fraction of sp³-hybridized carbons (Fsp3) is 0.826. The Morgan fingerprint density at radius 3 is 2.74 bits per heavy atom. The Morgan fingerprint density at radius 2 is 2.00 bits per heavy atom. The number of rotatable bonds is 3. The van der Waals surface area contributed by atoms with Gasteiger partial charge in [-0.1, -0.05) is 18.1 Å². The van der Waals surface area contributed by atoms with E-state index in [4.69, 9.17) is 14.2 Å². The summed E-state index contributed by atoms with van der Waals surface area (Å²) in [5.41, 5.74) is 3.64. The molecule has 1 saturated heterocycles. The summed E-state index contributed by atoms with van der Waals surface area (Å²) in [5, 5.41) is 10.1. The van der Waals surface area contributed by atoms with E-state index >= 15 is 0 Å². The molecule has 0 aromatic carbocycles. The summed E-state index contributed by atoms with van der Waals surface area (Å²) >= 11 is 0. The van der Waals surface area contributed by atoms with Crippen molar-refractivity contribution >= 4 is 0 Å². The molecule has 150 valence electrons. The summed E-state index contributed by atoms with van der Waals surface area (Å²) in [6.07, 6.45) is 11.9. The zero-order chi connectivity index (χ0) is 18.6. The summed E-state index contributed by atoms with van der Waals surface area (Å²) in [6, 6.07) is 0. The average molecular weight is 375 g/mol. The first-order chi connectivity index (χ1) is 13.1. The van der Waals surface area contributed by atoms with Crippen molar-refractivity contribution in [2.75, 3.05) is 26.9 Å². The molecule has 2 saturated carbocycles. The van der Waals surface area contributed by atoms with Crippen molar-refractivity contribution in [2.45, 2.75) is 64.1 Å². The van der Waals surface area contributed by atoms with Crippen molar-refractivity contribution in [3.05, 3.63) is 23.0 Å². The van der Waals surface area contributed by atoms with E-state index in [0.29, 0.717) is 19.1 Å². The molecule has 0 aromatic heterocycles. The standard InChI is InChI=1S/C23H34O4/c1-22-10-9-18-17-6-4-16(25-2)13-15(17)3-5-19(18)20(22)7-8-21(22)23(14-24)26-11-12-27-23/h4,18-21,24H,3,5-14H2,1-2H3/t18-,19-,20+,21+,22+/m1/s1. The molecule has 0 spiro atoms. The van der Waals surface area contributed by atoms with Crippen LogP contribution in [0.4, 0.5) is 0 Å². The number of allylic oxidation sites excluding steroid dienone is 3. The Labute approximate surface area is 162 Å². The Morgan fingerprint density at radius 1 is 1.19 bits per heavy atom. The van der Waals surface area contributed by atoms with E-state index in [1.807, 2.05) is 0 Å². The van der Waals surface area contributed by atoms with E-state index in [9.17, 15) is 5.11 Å². The molecule has 5 rings (SSSR count). The predicted molar refractivity (Wildman–Crippen MR) is 103 cm³/mol. The van der Waals surface area contributed by atoms with Gasteiger partial charge in [0.05, 0.1) is 32.7 Å². The second-order valence-electron chi connectivity index (χ2n) is 9.64. The lowest BCUT2D eigenvalue weighted by atomic mass is 9.52. The lowest BCUT2D eigenvalue weighted by molar-refractivity contribution is -0.242. The molecule has 0 amide bonds. The minimum absolute atomic E-state index is 0.00599. The number of methoxy groups -OCH3 is 1. The normalized spacial score (nSPS) is 43.0. The number of hydrogen-bond donors (Lipinski definition) is 1. The first-order valence-electron chi connectivity index (χ1n) is 10.9. The molecular formula is C23H34O4. The molecule has 1 aliphatic heterocycles. The SMILES string of the molecule is COC1=CCC2=C(CC[C@@H]3[C@@H]2CC[C@]2(C)[C@@H](C4(CO)OCCO4)CC[C@@H]32)C1. The van der Waals surface area contributed by atoms with Crippen molar-refractivity contribution in [3.63, 3.8) is 0 Å². The van der Waals surface area contributed by atoms with Gasteiger partial charge in [0.25, 0.3) is 0 Å². The molecule has 0 bridgehead atoms. The van der Waals surface area contributed by atoms with Crippen molar-refractivity contribution in [1.29, 1.82) is 0 Å². The van der Waals surface area contributed by atoms with E-state index in [0.717, 1.165) is 42.8 Å². The van der Waals surface area contributed by atoms with Gasteiger partial charge in [-0.15, -0.1) is 0 Å². The molecule has 4 nitrogen and oxygen atoms in total. The molecular weight excluding hydrogens is 340 g/mol. The number of fused-ring (bicyclic) bond motifs is 4. The largest absolute Gasteiger partial charge is 0.501 e. The van der Waals surface area contributed by atoms with E-state index in [1.165, 1.54) is 32.1 Å². The number of aliphatic hydroxyl groups is 1. The molecule has 0 unspecified atom stereocenters. The van der Waals surface area contributed by atoms with Crippen molar-refractivity contribution < 1.29 is 19.3 Å². The molecule has 0 radical (unpaired) electrons. The van der Waals surface area contributed by atoms with Crippen LogP contribution in [0, 0.1) is 29.1 Å². The number of ether oxygens (including phenoxy) is 3. The summed E-state index contributed by atoms with van der Waals surface area (Å²) in [7, 11) is 1.80. The van der Waals surface area contributed by atoms with Gasteiger partial charge in [-0.05, 0) is 74.2 Å². The van der Waals surface area contributed by atoms with Gasteiger partial charge in [0.1, 0.15) is 0 Å². The zero-order valence-corrected chi connectivity index (χ0v) is 16.8. The predicted octanol–water partition coefficient (Wildman–Crippen LogP) is 4.20. The van der Waals surface area contributed by atoms with Crippen LogP contribution in [0.2, 0.25) is 0 Å². The smallest absolute Gasteiger partial charge is 0.195 e. The van der Waals surface area contributed by atoms with Gasteiger partial charge < -0.3 is 19.3 Å². The van der Waals surface area contributed by atoms with Crippen LogP contribution in [0.25, 0.3) is 0 Å². The lowest BCUT2D eigenvalue weighted by Gasteiger charge is -2.53. The zero-order valence-electron chi connectivity index (χ0n) is 16.8. The van der Waals surface area contributed by atoms with Crippen LogP contribution in [-0.4, -0.2) is 37.8 Å². The third-order valence-electron chi connectivity index (χ3n) is 8.85. The first-order valence-corrected chi connectivity index (χ1v) is 10.9. The minimum atomic E-state index is -0.740.